The molecule has 0 bridgehead atoms. The van der Waals surface area contributed by atoms with E-state index >= 15 is 0 Å². The Balaban J connectivity index is 1.61. The van der Waals surface area contributed by atoms with Crippen molar-refractivity contribution in [3.8, 4) is 0 Å². The molecule has 234 valence electrons. The Morgan fingerprint density at radius 2 is 0.929 bits per heavy atom. The number of hydrogen-bond acceptors (Lipinski definition) is 2. The van der Waals surface area contributed by atoms with Crippen molar-refractivity contribution in [3.63, 3.8) is 0 Å². The standard InChI is InChI=1S/C38H62O2Si2/c1-11-23-41(27(3)4,28(5)6)39-37-25-31-17-13-15-19-33(31)35(37)21-22-36-34-20-16-14-18-32(34)26-38(36)40-42(24-12-2,29(7)8)30(9)10/h11-20,27-38H,1-2,21-26H2,3-10H3. The van der Waals surface area contributed by atoms with Crippen molar-refractivity contribution >= 4 is 16.6 Å². The van der Waals surface area contributed by atoms with Gasteiger partial charge in [-0.2, -0.15) is 0 Å². The van der Waals surface area contributed by atoms with Gasteiger partial charge in [-0.1, -0.05) is 116 Å². The highest BCUT2D eigenvalue weighted by Gasteiger charge is 2.52. The van der Waals surface area contributed by atoms with Crippen LogP contribution in [0.1, 0.15) is 81.1 Å². The number of hydrogen-bond donors (Lipinski definition) is 0. The predicted molar refractivity (Wildman–Crippen MR) is 188 cm³/mol. The van der Waals surface area contributed by atoms with E-state index in [2.05, 4.69) is 129 Å². The van der Waals surface area contributed by atoms with Gasteiger partial charge in [-0.05, 0) is 95.4 Å². The minimum absolute atomic E-state index is 0.336. The van der Waals surface area contributed by atoms with E-state index in [1.54, 1.807) is 0 Å². The highest BCUT2D eigenvalue weighted by molar-refractivity contribution is 6.77. The summed E-state index contributed by atoms with van der Waals surface area (Å²) in [6, 6.07) is 2.10. The molecule has 0 aromatic heterocycles. The van der Waals surface area contributed by atoms with Gasteiger partial charge in [-0.25, -0.2) is 0 Å². The molecule has 0 heterocycles. The summed E-state index contributed by atoms with van der Waals surface area (Å²) in [6.45, 7) is 27.6. The molecule has 2 saturated carbocycles. The van der Waals surface area contributed by atoms with Gasteiger partial charge in [0.1, 0.15) is 0 Å². The van der Waals surface area contributed by atoms with E-state index in [0.717, 1.165) is 24.9 Å². The van der Waals surface area contributed by atoms with E-state index < -0.39 is 16.6 Å². The first kappa shape index (κ1) is 33.7. The molecule has 8 unspecified atom stereocenters. The second-order valence-electron chi connectivity index (χ2n) is 15.2. The number of fused-ring (bicyclic) bond motifs is 2. The van der Waals surface area contributed by atoms with Crippen molar-refractivity contribution in [1.29, 1.82) is 0 Å². The van der Waals surface area contributed by atoms with E-state index in [0.29, 0.717) is 69.9 Å². The molecule has 4 aliphatic carbocycles. The largest absolute Gasteiger partial charge is 0.413 e. The molecule has 0 aromatic rings. The smallest absolute Gasteiger partial charge is 0.201 e. The monoisotopic (exact) mass is 606 g/mol. The van der Waals surface area contributed by atoms with Crippen LogP contribution in [0.2, 0.25) is 34.3 Å². The topological polar surface area (TPSA) is 18.5 Å². The normalized spacial score (nSPS) is 32.4. The highest BCUT2D eigenvalue weighted by atomic mass is 28.4. The molecule has 2 nitrogen and oxygen atoms in total. The molecular formula is C38H62O2Si2. The van der Waals surface area contributed by atoms with Crippen LogP contribution in [0.4, 0.5) is 0 Å². The zero-order chi connectivity index (χ0) is 30.7. The van der Waals surface area contributed by atoms with Gasteiger partial charge in [-0.3, -0.25) is 0 Å². The molecule has 2 fully saturated rings. The molecule has 0 amide bonds. The molecule has 0 radical (unpaired) electrons. The summed E-state index contributed by atoms with van der Waals surface area (Å²) < 4.78 is 15.1. The lowest BCUT2D eigenvalue weighted by Gasteiger charge is -2.43. The predicted octanol–water partition coefficient (Wildman–Crippen LogP) is 11.2. The van der Waals surface area contributed by atoms with Crippen LogP contribution >= 0.6 is 0 Å². The van der Waals surface area contributed by atoms with E-state index in [4.69, 9.17) is 8.85 Å². The molecule has 0 spiro atoms. The molecule has 4 heteroatoms. The first-order chi connectivity index (χ1) is 20.0. The van der Waals surface area contributed by atoms with Crippen molar-refractivity contribution in [2.45, 2.75) is 128 Å². The molecule has 4 rings (SSSR count). The van der Waals surface area contributed by atoms with Crippen LogP contribution < -0.4 is 0 Å². The van der Waals surface area contributed by atoms with E-state index in [1.165, 1.54) is 12.8 Å². The van der Waals surface area contributed by atoms with Gasteiger partial charge >= 0.3 is 0 Å². The summed E-state index contributed by atoms with van der Waals surface area (Å²) in [5, 5.41) is 0. The number of rotatable bonds is 15. The van der Waals surface area contributed by atoms with Crippen molar-refractivity contribution in [1.82, 2.24) is 0 Å². The van der Waals surface area contributed by atoms with Gasteiger partial charge in [0.25, 0.3) is 0 Å². The summed E-state index contributed by atoms with van der Waals surface area (Å²) in [5.41, 5.74) is 2.31. The Morgan fingerprint density at radius 3 is 1.24 bits per heavy atom. The Labute approximate surface area is 261 Å². The minimum atomic E-state index is -2.00. The minimum Gasteiger partial charge on any atom is -0.413 e. The van der Waals surface area contributed by atoms with Crippen LogP contribution in [0, 0.1) is 35.5 Å². The Bertz CT molecular complexity index is 936. The summed E-state index contributed by atoms with van der Waals surface area (Å²) in [5.74, 6) is 3.53. The molecule has 0 aliphatic heterocycles. The van der Waals surface area contributed by atoms with Crippen LogP contribution in [-0.2, 0) is 8.85 Å². The molecule has 0 N–H and O–H groups in total. The second kappa shape index (κ2) is 14.3. The van der Waals surface area contributed by atoms with E-state index in [1.807, 2.05) is 0 Å². The zero-order valence-electron chi connectivity index (χ0n) is 28.2. The quantitative estimate of drug-likeness (QED) is 0.136. The maximum absolute atomic E-state index is 7.53. The van der Waals surface area contributed by atoms with Gasteiger partial charge in [0.2, 0.25) is 16.6 Å². The molecule has 8 atom stereocenters. The third-order valence-electron chi connectivity index (χ3n) is 12.0. The van der Waals surface area contributed by atoms with Gasteiger partial charge < -0.3 is 8.85 Å². The SMILES string of the molecule is C=CC[Si](OC1CC2C=CC=CC2C1CCC1C(O[Si](CC=C)(C(C)C)C(C)C)CC2C=CC=CC21)(C(C)C)C(C)C. The summed E-state index contributed by atoms with van der Waals surface area (Å²) in [6.07, 6.45) is 28.8. The average molecular weight is 607 g/mol. The summed E-state index contributed by atoms with van der Waals surface area (Å²) in [7, 11) is -4.01. The van der Waals surface area contributed by atoms with Crippen molar-refractivity contribution in [3.05, 3.63) is 73.9 Å². The molecule has 0 saturated heterocycles. The average Bonchev–Trinajstić information content (AvgIpc) is 3.47. The van der Waals surface area contributed by atoms with Gasteiger partial charge in [-0.15, -0.1) is 13.2 Å². The third kappa shape index (κ3) is 6.58. The second-order valence-corrected chi connectivity index (χ2v) is 25.0. The van der Waals surface area contributed by atoms with Crippen LogP contribution in [-0.4, -0.2) is 28.8 Å². The highest BCUT2D eigenvalue weighted by Crippen LogP contribution is 2.52. The Hall–Kier alpha value is -1.21. The molecular weight excluding hydrogens is 545 g/mol. The van der Waals surface area contributed by atoms with Crippen LogP contribution in [0.25, 0.3) is 0 Å². The lowest BCUT2D eigenvalue weighted by atomic mass is 9.79. The van der Waals surface area contributed by atoms with Crippen LogP contribution in [0.3, 0.4) is 0 Å². The van der Waals surface area contributed by atoms with Crippen molar-refractivity contribution < 1.29 is 8.85 Å². The maximum Gasteiger partial charge on any atom is 0.201 e. The summed E-state index contributed by atoms with van der Waals surface area (Å²) >= 11 is 0. The maximum atomic E-state index is 7.53. The van der Waals surface area contributed by atoms with Gasteiger partial charge in [0.05, 0.1) is 0 Å². The first-order valence-electron chi connectivity index (χ1n) is 17.3. The summed E-state index contributed by atoms with van der Waals surface area (Å²) in [4.78, 5) is 0. The first-order valence-corrected chi connectivity index (χ1v) is 21.8. The number of allylic oxidation sites excluding steroid dienone is 10. The van der Waals surface area contributed by atoms with Gasteiger partial charge in [0.15, 0.2) is 0 Å². The Kier molecular flexibility index (Phi) is 11.4. The van der Waals surface area contributed by atoms with Crippen LogP contribution in [0.15, 0.2) is 73.9 Å². The molecule has 4 aliphatic rings. The van der Waals surface area contributed by atoms with Crippen LogP contribution in [0.5, 0.6) is 0 Å². The van der Waals surface area contributed by atoms with E-state index in [9.17, 15) is 0 Å². The molecule has 0 aromatic carbocycles. The fourth-order valence-electron chi connectivity index (χ4n) is 9.46. The van der Waals surface area contributed by atoms with Gasteiger partial charge in [0, 0.05) is 12.2 Å². The zero-order valence-corrected chi connectivity index (χ0v) is 30.2. The third-order valence-corrected chi connectivity index (χ3v) is 23.1. The van der Waals surface area contributed by atoms with E-state index in [-0.39, 0.29) is 0 Å². The van der Waals surface area contributed by atoms with Crippen molar-refractivity contribution in [2.75, 3.05) is 0 Å². The lowest BCUT2D eigenvalue weighted by molar-refractivity contribution is 0.0956. The van der Waals surface area contributed by atoms with Crippen molar-refractivity contribution in [2.24, 2.45) is 35.5 Å². The Morgan fingerprint density at radius 1 is 0.595 bits per heavy atom. The molecule has 42 heavy (non-hydrogen) atoms. The fourth-order valence-corrected chi connectivity index (χ4v) is 17.9. The fraction of sp³-hybridized carbons (Fsp3) is 0.684. The lowest BCUT2D eigenvalue weighted by Crippen LogP contribution is -2.48.